The minimum Gasteiger partial charge on any atom is -0.496 e. The van der Waals surface area contributed by atoms with Crippen LogP contribution in [-0.2, 0) is 28.5 Å². The summed E-state index contributed by atoms with van der Waals surface area (Å²) in [4.78, 5) is 57.7. The van der Waals surface area contributed by atoms with E-state index in [9.17, 15) is 19.2 Å². The molecule has 8 aliphatic heterocycles. The Kier molecular flexibility index (Phi) is 31.2. The molecule has 2 unspecified atom stereocenters. The van der Waals surface area contributed by atoms with Crippen molar-refractivity contribution in [3.63, 3.8) is 0 Å². The quantitative estimate of drug-likeness (QED) is 0.0362. The number of aromatic carboxylic acids is 1. The van der Waals surface area contributed by atoms with Crippen LogP contribution >= 0.6 is 23.2 Å². The Hall–Kier alpha value is -5.50. The minimum absolute atomic E-state index is 0. The molecule has 8 N–H and O–H groups in total. The topological polar surface area (TPSA) is 247 Å². The molecule has 0 radical (unpaired) electrons. The van der Waals surface area contributed by atoms with Gasteiger partial charge in [0.25, 0.3) is 5.91 Å². The van der Waals surface area contributed by atoms with E-state index in [0.717, 1.165) is 130 Å². The van der Waals surface area contributed by atoms with Gasteiger partial charge in [0.05, 0.1) is 59.5 Å². The van der Waals surface area contributed by atoms with Crippen LogP contribution in [0.1, 0.15) is 125 Å². The zero-order valence-electron chi connectivity index (χ0n) is 48.7. The number of carbonyl (C=O) groups is 4. The van der Waals surface area contributed by atoms with E-state index in [-0.39, 0.29) is 78.1 Å². The van der Waals surface area contributed by atoms with Crippen LogP contribution in [0, 0.1) is 47.9 Å². The number of piperidine rings is 8. The number of carbonyl (C=O) groups excluding carboxylic acids is 3. The third-order valence-electron chi connectivity index (χ3n) is 16.2. The molecule has 2 aromatic carbocycles. The Labute approximate surface area is 503 Å². The van der Waals surface area contributed by atoms with Crippen LogP contribution in [0.15, 0.2) is 24.3 Å². The van der Waals surface area contributed by atoms with Crippen molar-refractivity contribution in [2.24, 2.45) is 17.6 Å². The zero-order chi connectivity index (χ0) is 59.6. The Morgan fingerprint density at radius 3 is 1.53 bits per heavy atom. The maximum atomic E-state index is 13.0. The second-order valence-corrected chi connectivity index (χ2v) is 22.5. The fourth-order valence-electron chi connectivity index (χ4n) is 11.3. The fourth-order valence-corrected chi connectivity index (χ4v) is 11.7. The number of terminal acetylenes is 1. The number of fused-ring (bicyclic) bond motifs is 6. The number of rotatable bonds is 21. The number of hydrogen-bond donors (Lipinski definition) is 5. The van der Waals surface area contributed by atoms with Crippen molar-refractivity contribution in [2.45, 2.75) is 141 Å². The third-order valence-corrected chi connectivity index (χ3v) is 16.8. The molecule has 2 aromatic rings. The normalized spacial score (nSPS) is 24.9. The van der Waals surface area contributed by atoms with Gasteiger partial charge < -0.3 is 65.8 Å². The van der Waals surface area contributed by atoms with Crippen molar-refractivity contribution in [3.05, 3.63) is 45.4 Å². The molecule has 4 bridgehead atoms. The Bertz CT molecular complexity index is 2550. The van der Waals surface area contributed by atoms with E-state index in [0.29, 0.717) is 52.4 Å². The number of carboxylic acid groups (broad SMARTS) is 1. The van der Waals surface area contributed by atoms with Gasteiger partial charge in [0, 0.05) is 78.0 Å². The number of nitrogens with one attached hydrogen (secondary N) is 1. The molecule has 0 aromatic heterocycles. The van der Waals surface area contributed by atoms with Crippen LogP contribution in [0.4, 0.5) is 11.4 Å². The first-order chi connectivity index (χ1) is 39.5. The van der Waals surface area contributed by atoms with E-state index < -0.39 is 5.97 Å². The number of amides is 1. The molecule has 8 heterocycles. The van der Waals surface area contributed by atoms with Crippen molar-refractivity contribution in [1.82, 2.24) is 24.9 Å². The monoisotopic (exact) mass is 1190 g/mol. The molecule has 0 aliphatic carbocycles. The minimum atomic E-state index is -1.10. The highest BCUT2D eigenvalue weighted by Gasteiger charge is 2.38. The van der Waals surface area contributed by atoms with Gasteiger partial charge in [0.15, 0.2) is 0 Å². The lowest BCUT2D eigenvalue weighted by molar-refractivity contribution is -0.159. The molecular weight excluding hydrogens is 1100 g/mol. The van der Waals surface area contributed by atoms with Gasteiger partial charge in [-0.3, -0.25) is 24.2 Å². The summed E-state index contributed by atoms with van der Waals surface area (Å²) in [6.45, 7) is 13.9. The lowest BCUT2D eigenvalue weighted by Crippen LogP contribution is -2.54. The second kappa shape index (κ2) is 37.0. The van der Waals surface area contributed by atoms with Crippen molar-refractivity contribution < 1.29 is 52.7 Å². The fraction of sp³-hybridized carbons (Fsp3) is 0.645. The van der Waals surface area contributed by atoms with Gasteiger partial charge >= 0.3 is 17.9 Å². The molecule has 0 saturated carbocycles. The van der Waals surface area contributed by atoms with Gasteiger partial charge in [-0.25, -0.2) is 4.79 Å². The van der Waals surface area contributed by atoms with E-state index in [1.807, 2.05) is 0 Å². The second-order valence-electron chi connectivity index (χ2n) is 21.6. The SMILES string of the molecule is C.C#CC#CC#CC.CO[C@H]1CN(CCCCCC(=O)OC2CN3CCC2CC3)CC[C@H]1N.COc1cc(N)c(Cl)cc1C(=O)N[C@@H]1CCN(CCCCCC(=O)OC2CN3CCC2CC3)C[C@@H]1OC.COc1cc(N)c(Cl)cc1C(=O)O. The van der Waals surface area contributed by atoms with Crippen LogP contribution in [-0.4, -0.2) is 192 Å². The summed E-state index contributed by atoms with van der Waals surface area (Å²) in [5, 5.41) is 12.3. The smallest absolute Gasteiger partial charge is 0.339 e. The van der Waals surface area contributed by atoms with E-state index >= 15 is 0 Å². The molecule has 1 amide bonds. The molecule has 8 aliphatic rings. The number of halogens is 2. The average molecular weight is 1200 g/mol. The van der Waals surface area contributed by atoms with Crippen molar-refractivity contribution in [3.8, 4) is 47.5 Å². The molecule has 10 rings (SSSR count). The number of nitrogen functional groups attached to an aromatic ring is 2. The van der Waals surface area contributed by atoms with E-state index in [4.69, 9.17) is 80.4 Å². The van der Waals surface area contributed by atoms with Crippen molar-refractivity contribution in [1.29, 1.82) is 0 Å². The number of unbranched alkanes of at least 4 members (excludes halogenated alkanes) is 4. The first kappa shape index (κ1) is 70.0. The number of hydrogen-bond acceptors (Lipinski definition) is 17. The Balaban J connectivity index is 0.000000275. The first-order valence-corrected chi connectivity index (χ1v) is 29.5. The number of nitrogens with zero attached hydrogens (tertiary/aromatic N) is 4. The maximum Gasteiger partial charge on any atom is 0.339 e. The van der Waals surface area contributed by atoms with Crippen LogP contribution in [0.3, 0.4) is 0 Å². The number of likely N-dealkylation sites (tertiary alicyclic amines) is 2. The van der Waals surface area contributed by atoms with Gasteiger partial charge in [0.2, 0.25) is 0 Å². The summed E-state index contributed by atoms with van der Waals surface area (Å²) in [5.74, 6) is 12.4. The first-order valence-electron chi connectivity index (χ1n) is 28.8. The highest BCUT2D eigenvalue weighted by atomic mass is 35.5. The van der Waals surface area contributed by atoms with E-state index in [1.54, 1.807) is 27.2 Å². The van der Waals surface area contributed by atoms with Crippen LogP contribution in [0.5, 0.6) is 11.5 Å². The van der Waals surface area contributed by atoms with Gasteiger partial charge in [-0.15, -0.1) is 6.42 Å². The molecule has 8 fully saturated rings. The van der Waals surface area contributed by atoms with E-state index in [2.05, 4.69) is 54.5 Å². The third kappa shape index (κ3) is 22.8. The number of ether oxygens (including phenoxy) is 6. The molecule has 460 valence electrons. The number of carboxylic acids is 1. The van der Waals surface area contributed by atoms with Crippen LogP contribution < -0.4 is 32.0 Å². The lowest BCUT2D eigenvalue weighted by Gasteiger charge is -2.43. The number of esters is 2. The van der Waals surface area contributed by atoms with Crippen molar-refractivity contribution >= 4 is 58.4 Å². The van der Waals surface area contributed by atoms with Gasteiger partial charge in [-0.05, 0) is 165 Å². The van der Waals surface area contributed by atoms with Gasteiger partial charge in [0.1, 0.15) is 29.3 Å². The Morgan fingerprint density at radius 2 is 1.10 bits per heavy atom. The number of methoxy groups -OCH3 is 4. The molecule has 8 saturated heterocycles. The molecule has 83 heavy (non-hydrogen) atoms. The molecule has 0 spiro atoms. The van der Waals surface area contributed by atoms with Crippen LogP contribution in [0.25, 0.3) is 0 Å². The zero-order valence-corrected chi connectivity index (χ0v) is 50.2. The standard InChI is InChI=1S/C27H41ClN4O5.C19H35N3O3.C8H8ClNO3.C7H4.CH4/c1-35-23-15-21(29)20(28)14-19(23)27(34)30-22-9-13-31(17-25(22)36-2)10-5-3-4-6-26(33)37-24-16-32-11-7-18(24)8-12-32;1-24-18-14-21(12-8-16(18)20)9-4-2-3-5-19(23)25-17-13-22-10-6-15(17)7-11-22;1-13-7-3-6(10)5(9)2-4(7)8(11)12;1-3-5-7-6-4-2;/h14-15,18,22,24-25H,3-13,16-17,29H2,1-2H3,(H,30,34);15-18H,2-14,20H2,1H3;2-3H,10H2,1H3,(H,11,12);1H,2H3;1H4/t22-,24?,25+;16-,17?,18+;;;/m11.../s1. The summed E-state index contributed by atoms with van der Waals surface area (Å²) >= 11 is 11.8. The number of anilines is 2. The van der Waals surface area contributed by atoms with E-state index in [1.165, 1.54) is 58.3 Å². The lowest BCUT2D eigenvalue weighted by atomic mass is 9.86. The number of benzene rings is 2. The predicted molar refractivity (Wildman–Crippen MR) is 327 cm³/mol. The summed E-state index contributed by atoms with van der Waals surface area (Å²) in [6.07, 6.45) is 18.6. The molecular formula is C62H92Cl2N8O11. The molecule has 19 nitrogen and oxygen atoms in total. The largest absolute Gasteiger partial charge is 0.496 e. The highest BCUT2D eigenvalue weighted by Crippen LogP contribution is 2.33. The van der Waals surface area contributed by atoms with Gasteiger partial charge in [-0.2, -0.15) is 0 Å². The van der Waals surface area contributed by atoms with Crippen LogP contribution in [0.2, 0.25) is 10.0 Å². The summed E-state index contributed by atoms with van der Waals surface area (Å²) in [5.41, 5.74) is 18.4. The molecule has 21 heteroatoms. The predicted octanol–water partition coefficient (Wildman–Crippen LogP) is 7.09. The molecule has 6 atom stereocenters. The maximum absolute atomic E-state index is 13.0. The average Bonchev–Trinajstić information content (AvgIpc) is 3.69. The summed E-state index contributed by atoms with van der Waals surface area (Å²) < 4.78 is 32.9. The summed E-state index contributed by atoms with van der Waals surface area (Å²) in [7, 11) is 6.29. The Morgan fingerprint density at radius 1 is 0.627 bits per heavy atom. The van der Waals surface area contributed by atoms with Crippen molar-refractivity contribution in [2.75, 3.05) is 118 Å². The highest BCUT2D eigenvalue weighted by molar-refractivity contribution is 6.34. The summed E-state index contributed by atoms with van der Waals surface area (Å²) in [6, 6.07) is 5.79. The number of nitrogens with two attached hydrogens (primary N) is 3. The van der Waals surface area contributed by atoms with Gasteiger partial charge in [-0.1, -0.05) is 49.4 Å².